The maximum Gasteiger partial charge on any atom is 0.139 e. The Balaban J connectivity index is 2.33. The third-order valence-corrected chi connectivity index (χ3v) is 1.27. The summed E-state index contributed by atoms with van der Waals surface area (Å²) < 4.78 is 0. The Labute approximate surface area is 53.7 Å². The average Bonchev–Trinajstić information content (AvgIpc) is 2.33. The molecule has 0 aromatic rings. The van der Waals surface area contributed by atoms with Gasteiger partial charge in [-0.1, -0.05) is 6.08 Å². The quantitative estimate of drug-likeness (QED) is 0.478. The fourth-order valence-electron chi connectivity index (χ4n) is 0.832. The zero-order chi connectivity index (χ0) is 6.10. The molecule has 0 atom stereocenters. The average molecular weight is 120 g/mol. The summed E-state index contributed by atoms with van der Waals surface area (Å²) in [6.07, 6.45) is 9.68. The molecule has 2 aliphatic heterocycles. The first-order valence-corrected chi connectivity index (χ1v) is 2.81. The second-order valence-electron chi connectivity index (χ2n) is 1.86. The van der Waals surface area contributed by atoms with Crippen molar-refractivity contribution in [2.45, 2.75) is 0 Å². The van der Waals surface area contributed by atoms with Crippen LogP contribution >= 0.6 is 0 Å². The smallest absolute Gasteiger partial charge is 0.139 e. The van der Waals surface area contributed by atoms with E-state index in [0.29, 0.717) is 0 Å². The van der Waals surface area contributed by atoms with Crippen LogP contribution in [0.3, 0.4) is 0 Å². The van der Waals surface area contributed by atoms with Gasteiger partial charge in [-0.3, -0.25) is 4.84 Å². The van der Waals surface area contributed by atoms with Crippen molar-refractivity contribution >= 4 is 0 Å². The molecule has 2 aliphatic rings. The predicted molar refractivity (Wildman–Crippen MR) is 33.6 cm³/mol. The number of hydrogen-bond donors (Lipinski definition) is 0. The van der Waals surface area contributed by atoms with Crippen molar-refractivity contribution < 1.29 is 4.84 Å². The molecule has 0 amide bonds. The van der Waals surface area contributed by atoms with Crippen LogP contribution < -0.4 is 0 Å². The molecule has 0 fully saturated rings. The minimum atomic E-state index is 1.08. The first-order valence-electron chi connectivity index (χ1n) is 2.81. The van der Waals surface area contributed by atoms with Crippen LogP contribution in [0.2, 0.25) is 0 Å². The topological polar surface area (TPSA) is 12.5 Å². The van der Waals surface area contributed by atoms with Crippen molar-refractivity contribution in [3.05, 3.63) is 42.8 Å². The third-order valence-electron chi connectivity index (χ3n) is 1.27. The Hall–Kier alpha value is -1.02. The van der Waals surface area contributed by atoms with E-state index in [4.69, 9.17) is 4.84 Å². The van der Waals surface area contributed by atoms with E-state index in [1.54, 1.807) is 11.7 Å². The van der Waals surface area contributed by atoms with Gasteiger partial charge in [-0.25, -0.2) is 5.06 Å². The van der Waals surface area contributed by atoms with Gasteiger partial charge in [0.05, 0.1) is 5.70 Å². The lowest BCUT2D eigenvalue weighted by Crippen LogP contribution is -2.09. The minimum absolute atomic E-state index is 1.08. The van der Waals surface area contributed by atoms with E-state index >= 15 is 0 Å². The number of hydrogen-bond acceptors (Lipinski definition) is 2. The molecular weight excluding hydrogens is 114 g/mol. The predicted octanol–water partition coefficient (Wildman–Crippen LogP) is 1.36. The van der Waals surface area contributed by atoms with E-state index in [2.05, 4.69) is 0 Å². The lowest BCUT2D eigenvalue weighted by Gasteiger charge is -2.14. The first-order chi connectivity index (χ1) is 4.47. The number of rotatable bonds is 0. The van der Waals surface area contributed by atoms with Gasteiger partial charge in [0.15, 0.2) is 0 Å². The van der Waals surface area contributed by atoms with E-state index in [1.165, 1.54) is 0 Å². The molecule has 45 valence electrons. The summed E-state index contributed by atoms with van der Waals surface area (Å²) in [6.45, 7) is 1.66. The van der Waals surface area contributed by atoms with Gasteiger partial charge in [0.25, 0.3) is 0 Å². The second kappa shape index (κ2) is 1.74. The molecule has 0 aliphatic carbocycles. The standard InChI is InChI=1S/C7H6NO/c1-2-5-8-7(3-1)4-6-9-8/h1-6H. The largest absolute Gasteiger partial charge is 0.258 e. The van der Waals surface area contributed by atoms with Gasteiger partial charge in [0.1, 0.15) is 6.61 Å². The van der Waals surface area contributed by atoms with Crippen LogP contribution in [0.4, 0.5) is 0 Å². The van der Waals surface area contributed by atoms with Crippen LogP contribution in [-0.2, 0) is 4.84 Å². The molecule has 0 spiro atoms. The molecule has 0 aromatic heterocycles. The van der Waals surface area contributed by atoms with Crippen molar-refractivity contribution in [3.63, 3.8) is 0 Å². The summed E-state index contributed by atoms with van der Waals surface area (Å²) in [5, 5.41) is 1.71. The molecule has 2 heterocycles. The van der Waals surface area contributed by atoms with Crippen molar-refractivity contribution in [1.82, 2.24) is 5.06 Å². The summed E-state index contributed by atoms with van der Waals surface area (Å²) in [5.74, 6) is 0. The number of allylic oxidation sites excluding steroid dienone is 3. The van der Waals surface area contributed by atoms with E-state index in [1.807, 2.05) is 30.5 Å². The van der Waals surface area contributed by atoms with Crippen molar-refractivity contribution in [2.24, 2.45) is 0 Å². The first kappa shape index (κ1) is 4.82. The van der Waals surface area contributed by atoms with Gasteiger partial charge in [-0.15, -0.1) is 0 Å². The van der Waals surface area contributed by atoms with Gasteiger partial charge in [0.2, 0.25) is 0 Å². The molecule has 2 nitrogen and oxygen atoms in total. The summed E-state index contributed by atoms with van der Waals surface area (Å²) in [5.41, 5.74) is 1.08. The SMILES string of the molecule is [CH]1C=C2C=CC=CN2O1. The molecule has 0 saturated carbocycles. The lowest BCUT2D eigenvalue weighted by molar-refractivity contribution is -0.0226. The number of hydroxylamine groups is 2. The van der Waals surface area contributed by atoms with Crippen LogP contribution in [0.5, 0.6) is 0 Å². The highest BCUT2D eigenvalue weighted by Gasteiger charge is 2.11. The maximum absolute atomic E-state index is 5.03. The summed E-state index contributed by atoms with van der Waals surface area (Å²) in [6, 6.07) is 0. The van der Waals surface area contributed by atoms with Crippen molar-refractivity contribution in [3.8, 4) is 0 Å². The van der Waals surface area contributed by atoms with E-state index in [-0.39, 0.29) is 0 Å². The highest BCUT2D eigenvalue weighted by molar-refractivity contribution is 5.29. The van der Waals surface area contributed by atoms with Crippen LogP contribution in [0.1, 0.15) is 0 Å². The van der Waals surface area contributed by atoms with Gasteiger partial charge in [0, 0.05) is 6.20 Å². The number of nitrogens with zero attached hydrogens (tertiary/aromatic N) is 1. The van der Waals surface area contributed by atoms with Crippen LogP contribution in [0, 0.1) is 6.61 Å². The molecule has 0 saturated heterocycles. The molecule has 2 heteroatoms. The normalized spacial score (nSPS) is 22.2. The maximum atomic E-state index is 5.03. The van der Waals surface area contributed by atoms with Gasteiger partial charge < -0.3 is 0 Å². The second-order valence-corrected chi connectivity index (χ2v) is 1.86. The molecule has 0 N–H and O–H groups in total. The van der Waals surface area contributed by atoms with Crippen LogP contribution in [0.25, 0.3) is 0 Å². The lowest BCUT2D eigenvalue weighted by atomic mass is 10.3. The fourth-order valence-corrected chi connectivity index (χ4v) is 0.832. The molecule has 2 rings (SSSR count). The van der Waals surface area contributed by atoms with Gasteiger partial charge in [-0.05, 0) is 18.2 Å². The Morgan fingerprint density at radius 2 is 2.33 bits per heavy atom. The molecule has 0 unspecified atom stereocenters. The Morgan fingerprint density at radius 3 is 3.22 bits per heavy atom. The summed E-state index contributed by atoms with van der Waals surface area (Å²) in [7, 11) is 0. The Bertz CT molecular complexity index is 200. The highest BCUT2D eigenvalue weighted by atomic mass is 16.7. The van der Waals surface area contributed by atoms with Gasteiger partial charge >= 0.3 is 0 Å². The third kappa shape index (κ3) is 0.678. The van der Waals surface area contributed by atoms with E-state index < -0.39 is 0 Å². The molecule has 0 aromatic carbocycles. The molecule has 0 bridgehead atoms. The van der Waals surface area contributed by atoms with Crippen LogP contribution in [0.15, 0.2) is 36.2 Å². The number of fused-ring (bicyclic) bond motifs is 1. The highest BCUT2D eigenvalue weighted by Crippen LogP contribution is 2.19. The monoisotopic (exact) mass is 120 g/mol. The van der Waals surface area contributed by atoms with Crippen molar-refractivity contribution in [2.75, 3.05) is 0 Å². The molecule has 1 radical (unpaired) electrons. The molecule has 9 heavy (non-hydrogen) atoms. The zero-order valence-corrected chi connectivity index (χ0v) is 4.82. The molecular formula is C7H6NO. The van der Waals surface area contributed by atoms with Crippen LogP contribution in [-0.4, -0.2) is 5.06 Å². The summed E-state index contributed by atoms with van der Waals surface area (Å²) in [4.78, 5) is 5.03. The van der Waals surface area contributed by atoms with Gasteiger partial charge in [-0.2, -0.15) is 0 Å². The minimum Gasteiger partial charge on any atom is -0.258 e. The van der Waals surface area contributed by atoms with E-state index in [0.717, 1.165) is 5.70 Å². The van der Waals surface area contributed by atoms with Crippen molar-refractivity contribution in [1.29, 1.82) is 0 Å². The Kier molecular flexibility index (Phi) is 0.932. The fraction of sp³-hybridized carbons (Fsp3) is 0. The summed E-state index contributed by atoms with van der Waals surface area (Å²) >= 11 is 0. The van der Waals surface area contributed by atoms with E-state index in [9.17, 15) is 0 Å². The Morgan fingerprint density at radius 1 is 1.33 bits per heavy atom. The zero-order valence-electron chi connectivity index (χ0n) is 4.82.